The first kappa shape index (κ1) is 19.8. The van der Waals surface area contributed by atoms with Gasteiger partial charge in [-0.1, -0.05) is 43.7 Å². The van der Waals surface area contributed by atoms with Crippen molar-refractivity contribution in [2.75, 3.05) is 7.11 Å². The third kappa shape index (κ3) is 5.01. The van der Waals surface area contributed by atoms with Gasteiger partial charge in [0.2, 0.25) is 0 Å². The molecule has 0 aliphatic rings. The van der Waals surface area contributed by atoms with Crippen molar-refractivity contribution in [1.29, 1.82) is 0 Å². The number of nitrogens with one attached hydrogen (secondary N) is 1. The molecule has 0 heterocycles. The molecule has 1 N–H and O–H groups in total. The van der Waals surface area contributed by atoms with E-state index in [1.165, 1.54) is 0 Å². The smallest absolute Gasteiger partial charge is 0.261 e. The molecule has 0 saturated heterocycles. The van der Waals surface area contributed by atoms with Gasteiger partial charge < -0.3 is 14.8 Å². The van der Waals surface area contributed by atoms with Gasteiger partial charge in [0.05, 0.1) is 13.2 Å². The molecule has 26 heavy (non-hydrogen) atoms. The number of carbonyl (C=O) groups excluding carboxylic acids is 1. The molecule has 0 bridgehead atoms. The predicted octanol–water partition coefficient (Wildman–Crippen LogP) is 4.74. The van der Waals surface area contributed by atoms with Gasteiger partial charge in [0.25, 0.3) is 5.91 Å². The summed E-state index contributed by atoms with van der Waals surface area (Å²) in [7, 11) is 1.66. The highest BCUT2D eigenvalue weighted by atomic mass is 16.5. The minimum Gasteiger partial charge on any atom is -0.496 e. The van der Waals surface area contributed by atoms with Crippen molar-refractivity contribution < 1.29 is 14.3 Å². The van der Waals surface area contributed by atoms with Crippen molar-refractivity contribution in [3.05, 3.63) is 59.2 Å². The number of rotatable bonds is 8. The summed E-state index contributed by atoms with van der Waals surface area (Å²) in [6.07, 6.45) is 0.905. The Morgan fingerprint density at radius 1 is 1.04 bits per heavy atom. The molecule has 0 saturated carbocycles. The molecule has 0 fully saturated rings. The quantitative estimate of drug-likeness (QED) is 0.744. The average molecular weight is 355 g/mol. The van der Waals surface area contributed by atoms with E-state index in [1.54, 1.807) is 7.11 Å². The van der Waals surface area contributed by atoms with E-state index in [4.69, 9.17) is 9.47 Å². The Morgan fingerprint density at radius 3 is 2.27 bits per heavy atom. The van der Waals surface area contributed by atoms with Crippen LogP contribution in [0.25, 0.3) is 0 Å². The third-order valence-corrected chi connectivity index (χ3v) is 4.51. The molecule has 2 aromatic rings. The Bertz CT molecular complexity index is 725. The van der Waals surface area contributed by atoms with Gasteiger partial charge in [0.1, 0.15) is 11.5 Å². The molecule has 140 valence electrons. The number of hydrogen-bond donors (Lipinski definition) is 1. The summed E-state index contributed by atoms with van der Waals surface area (Å²) in [5.74, 6) is 1.48. The molecule has 0 aromatic heterocycles. The van der Waals surface area contributed by atoms with Crippen LogP contribution >= 0.6 is 0 Å². The fourth-order valence-corrected chi connectivity index (χ4v) is 2.91. The molecule has 4 nitrogen and oxygen atoms in total. The van der Waals surface area contributed by atoms with E-state index >= 15 is 0 Å². The molecule has 4 heteroatoms. The Kier molecular flexibility index (Phi) is 7.07. The number of methoxy groups -OCH3 is 1. The van der Waals surface area contributed by atoms with Crippen LogP contribution in [-0.4, -0.2) is 19.1 Å². The Morgan fingerprint density at radius 2 is 1.73 bits per heavy atom. The van der Waals surface area contributed by atoms with E-state index in [9.17, 15) is 4.79 Å². The third-order valence-electron chi connectivity index (χ3n) is 4.51. The summed E-state index contributed by atoms with van der Waals surface area (Å²) in [5.41, 5.74) is 3.29. The van der Waals surface area contributed by atoms with Crippen LogP contribution in [-0.2, 0) is 4.79 Å². The lowest BCUT2D eigenvalue weighted by atomic mass is 10.0. The number of amides is 1. The zero-order valence-electron chi connectivity index (χ0n) is 16.3. The minimum absolute atomic E-state index is 0.0530. The van der Waals surface area contributed by atoms with Gasteiger partial charge >= 0.3 is 0 Å². The molecule has 2 aromatic carbocycles. The molecule has 0 aliphatic heterocycles. The summed E-state index contributed by atoms with van der Waals surface area (Å²) in [6.45, 7) is 8.05. The molecular formula is C22H29NO3. The van der Waals surface area contributed by atoms with Gasteiger partial charge in [0.15, 0.2) is 6.10 Å². The van der Waals surface area contributed by atoms with E-state index in [0.717, 1.165) is 28.9 Å². The lowest BCUT2D eigenvalue weighted by Crippen LogP contribution is -2.40. The SMILES string of the molecule is CC[C@@H](Oc1ccc(C)cc1)C(=O)N[C@H](CC)c1ccc(OC)c(C)c1. The van der Waals surface area contributed by atoms with Gasteiger partial charge in [-0.3, -0.25) is 4.79 Å². The number of benzene rings is 2. The van der Waals surface area contributed by atoms with Crippen LogP contribution in [0.15, 0.2) is 42.5 Å². The Labute approximate surface area is 156 Å². The summed E-state index contributed by atoms with van der Waals surface area (Å²) in [4.78, 5) is 12.7. The maximum absolute atomic E-state index is 12.7. The van der Waals surface area contributed by atoms with Gasteiger partial charge in [-0.05, 0) is 56.0 Å². The van der Waals surface area contributed by atoms with E-state index in [2.05, 4.69) is 18.3 Å². The Hall–Kier alpha value is -2.49. The highest BCUT2D eigenvalue weighted by Gasteiger charge is 2.22. The molecule has 0 spiro atoms. The zero-order valence-corrected chi connectivity index (χ0v) is 16.3. The maximum Gasteiger partial charge on any atom is 0.261 e. The number of ether oxygens (including phenoxy) is 2. The average Bonchev–Trinajstić information content (AvgIpc) is 2.65. The van der Waals surface area contributed by atoms with Crippen LogP contribution in [0.5, 0.6) is 11.5 Å². The monoisotopic (exact) mass is 355 g/mol. The maximum atomic E-state index is 12.7. The number of aryl methyl sites for hydroxylation is 2. The highest BCUT2D eigenvalue weighted by molar-refractivity contribution is 5.81. The van der Waals surface area contributed by atoms with E-state index in [0.29, 0.717) is 12.2 Å². The number of hydrogen-bond acceptors (Lipinski definition) is 3. The van der Waals surface area contributed by atoms with E-state index in [1.807, 2.05) is 57.2 Å². The molecule has 0 aliphatic carbocycles. The molecule has 0 radical (unpaired) electrons. The highest BCUT2D eigenvalue weighted by Crippen LogP contribution is 2.24. The lowest BCUT2D eigenvalue weighted by molar-refractivity contribution is -0.128. The number of carbonyl (C=O) groups is 1. The predicted molar refractivity (Wildman–Crippen MR) is 105 cm³/mol. The lowest BCUT2D eigenvalue weighted by Gasteiger charge is -2.23. The van der Waals surface area contributed by atoms with Crippen molar-refractivity contribution in [2.24, 2.45) is 0 Å². The zero-order chi connectivity index (χ0) is 19.1. The van der Waals surface area contributed by atoms with Crippen molar-refractivity contribution in [3.63, 3.8) is 0 Å². The first-order valence-electron chi connectivity index (χ1n) is 9.16. The second-order valence-electron chi connectivity index (χ2n) is 6.53. The van der Waals surface area contributed by atoms with Gasteiger partial charge in [-0.25, -0.2) is 0 Å². The molecule has 2 rings (SSSR count). The second kappa shape index (κ2) is 9.27. The van der Waals surface area contributed by atoms with Crippen LogP contribution in [0, 0.1) is 13.8 Å². The summed E-state index contributed by atoms with van der Waals surface area (Å²) >= 11 is 0. The largest absolute Gasteiger partial charge is 0.496 e. The van der Waals surface area contributed by atoms with Crippen LogP contribution in [0.4, 0.5) is 0 Å². The summed E-state index contributed by atoms with van der Waals surface area (Å²) in [6, 6.07) is 13.7. The molecule has 1 amide bonds. The van der Waals surface area contributed by atoms with Crippen molar-refractivity contribution in [3.8, 4) is 11.5 Å². The topological polar surface area (TPSA) is 47.6 Å². The summed E-state index contributed by atoms with van der Waals surface area (Å²) in [5, 5.41) is 3.13. The molecule has 0 unspecified atom stereocenters. The minimum atomic E-state index is -0.508. The first-order valence-corrected chi connectivity index (χ1v) is 9.16. The fourth-order valence-electron chi connectivity index (χ4n) is 2.91. The van der Waals surface area contributed by atoms with Gasteiger partial charge in [-0.15, -0.1) is 0 Å². The van der Waals surface area contributed by atoms with E-state index in [-0.39, 0.29) is 11.9 Å². The second-order valence-corrected chi connectivity index (χ2v) is 6.53. The van der Waals surface area contributed by atoms with Gasteiger partial charge in [-0.2, -0.15) is 0 Å². The van der Waals surface area contributed by atoms with Crippen molar-refractivity contribution >= 4 is 5.91 Å². The van der Waals surface area contributed by atoms with Crippen molar-refractivity contribution in [1.82, 2.24) is 5.32 Å². The van der Waals surface area contributed by atoms with Crippen LogP contribution in [0.3, 0.4) is 0 Å². The van der Waals surface area contributed by atoms with Gasteiger partial charge in [0, 0.05) is 0 Å². The molecular weight excluding hydrogens is 326 g/mol. The fraction of sp³-hybridized carbons (Fsp3) is 0.409. The Balaban J connectivity index is 2.08. The molecule has 2 atom stereocenters. The van der Waals surface area contributed by atoms with Crippen LogP contribution < -0.4 is 14.8 Å². The summed E-state index contributed by atoms with van der Waals surface area (Å²) < 4.78 is 11.2. The van der Waals surface area contributed by atoms with Crippen LogP contribution in [0.1, 0.15) is 49.4 Å². The normalized spacial score (nSPS) is 13.0. The van der Waals surface area contributed by atoms with Crippen molar-refractivity contribution in [2.45, 2.75) is 52.7 Å². The van der Waals surface area contributed by atoms with Crippen LogP contribution in [0.2, 0.25) is 0 Å². The standard InChI is InChI=1S/C22H29NO3/c1-6-19(17-10-13-21(25-5)16(4)14-17)23-22(24)20(7-2)26-18-11-8-15(3)9-12-18/h8-14,19-20H,6-7H2,1-5H3,(H,23,24)/t19-,20-/m1/s1. The first-order chi connectivity index (χ1) is 12.5. The van der Waals surface area contributed by atoms with E-state index < -0.39 is 6.10 Å².